The van der Waals surface area contributed by atoms with Gasteiger partial charge in [0.05, 0.1) is 26.5 Å². The van der Waals surface area contributed by atoms with E-state index in [1.54, 1.807) is 0 Å². The molecule has 3 rings (SSSR count). The molecule has 0 spiro atoms. The van der Waals surface area contributed by atoms with Gasteiger partial charge in [0.2, 0.25) is 16.4 Å². The summed E-state index contributed by atoms with van der Waals surface area (Å²) < 4.78 is 75.5. The van der Waals surface area contributed by atoms with Crippen LogP contribution in [-0.2, 0) is 34.5 Å². The van der Waals surface area contributed by atoms with Gasteiger partial charge in [0.15, 0.2) is 19.7 Å². The van der Waals surface area contributed by atoms with E-state index in [-0.39, 0.29) is 48.1 Å². The zero-order valence-electron chi connectivity index (χ0n) is 14.4. The molecule has 9 nitrogen and oxygen atoms in total. The molecule has 150 valence electrons. The van der Waals surface area contributed by atoms with Gasteiger partial charge < -0.3 is 4.90 Å². The maximum atomic E-state index is 12.8. The third-order valence-electron chi connectivity index (χ3n) is 4.82. The summed E-state index contributed by atoms with van der Waals surface area (Å²) in [5.41, 5.74) is 0. The molecule has 0 saturated carbocycles. The van der Waals surface area contributed by atoms with E-state index in [0.29, 0.717) is 6.41 Å². The lowest BCUT2D eigenvalue weighted by molar-refractivity contribution is -0.119. The molecule has 12 heteroatoms. The van der Waals surface area contributed by atoms with E-state index in [1.807, 2.05) is 0 Å². The molecule has 0 radical (unpaired) electrons. The standard InChI is InChI=1S/C15H20N2O7S3/c18-12-16-5-7-17(8-6-16)27(23,24)14-3-1-2-13(10-14)26(21,22)15-4-9-25(19,20)11-15/h1-3,10,12,15H,4-9,11H2/t15-/m1/s1. The number of amides is 1. The van der Waals surface area contributed by atoms with E-state index in [2.05, 4.69) is 0 Å². The maximum absolute atomic E-state index is 12.8. The Bertz CT molecular complexity index is 1040. The van der Waals surface area contributed by atoms with Crippen LogP contribution in [0.5, 0.6) is 0 Å². The lowest BCUT2D eigenvalue weighted by Gasteiger charge is -2.31. The van der Waals surface area contributed by atoms with Crippen molar-refractivity contribution in [1.29, 1.82) is 0 Å². The van der Waals surface area contributed by atoms with Gasteiger partial charge in [0.25, 0.3) is 0 Å². The number of carbonyl (C=O) groups is 1. The first kappa shape index (κ1) is 20.2. The number of rotatable bonds is 5. The summed E-state index contributed by atoms with van der Waals surface area (Å²) in [6, 6.07) is 5.02. The van der Waals surface area contributed by atoms with Crippen LogP contribution in [0.2, 0.25) is 0 Å². The van der Waals surface area contributed by atoms with Gasteiger partial charge in [0, 0.05) is 26.2 Å². The van der Waals surface area contributed by atoms with Gasteiger partial charge in [-0.15, -0.1) is 0 Å². The number of hydrogen-bond acceptors (Lipinski definition) is 7. The van der Waals surface area contributed by atoms with Crippen molar-refractivity contribution in [3.05, 3.63) is 24.3 Å². The fraction of sp³-hybridized carbons (Fsp3) is 0.533. The van der Waals surface area contributed by atoms with Crippen molar-refractivity contribution in [3.8, 4) is 0 Å². The Kier molecular flexibility index (Phi) is 5.36. The maximum Gasteiger partial charge on any atom is 0.243 e. The minimum atomic E-state index is -3.95. The van der Waals surface area contributed by atoms with Crippen molar-refractivity contribution < 1.29 is 30.0 Å². The van der Waals surface area contributed by atoms with Gasteiger partial charge in [-0.2, -0.15) is 4.31 Å². The average Bonchev–Trinajstić information content (AvgIpc) is 3.02. The highest BCUT2D eigenvalue weighted by Crippen LogP contribution is 2.27. The second-order valence-electron chi connectivity index (χ2n) is 6.59. The van der Waals surface area contributed by atoms with Gasteiger partial charge in [0.1, 0.15) is 0 Å². The van der Waals surface area contributed by atoms with Crippen LogP contribution in [0.3, 0.4) is 0 Å². The van der Waals surface area contributed by atoms with E-state index in [0.717, 1.165) is 6.07 Å². The number of carbonyl (C=O) groups excluding carboxylic acids is 1. The Labute approximate surface area is 158 Å². The number of nitrogens with zero attached hydrogens (tertiary/aromatic N) is 2. The first-order valence-electron chi connectivity index (χ1n) is 8.30. The first-order valence-corrected chi connectivity index (χ1v) is 13.1. The highest BCUT2D eigenvalue weighted by atomic mass is 32.2. The van der Waals surface area contributed by atoms with Crippen molar-refractivity contribution in [2.24, 2.45) is 0 Å². The molecule has 27 heavy (non-hydrogen) atoms. The van der Waals surface area contributed by atoms with Gasteiger partial charge in [-0.05, 0) is 24.6 Å². The van der Waals surface area contributed by atoms with E-state index < -0.39 is 40.7 Å². The van der Waals surface area contributed by atoms with Gasteiger partial charge in [-0.25, -0.2) is 25.3 Å². The van der Waals surface area contributed by atoms with Crippen molar-refractivity contribution >= 4 is 36.1 Å². The summed E-state index contributed by atoms with van der Waals surface area (Å²) >= 11 is 0. The van der Waals surface area contributed by atoms with Crippen LogP contribution in [0, 0.1) is 0 Å². The van der Waals surface area contributed by atoms with E-state index in [9.17, 15) is 30.0 Å². The number of hydrogen-bond donors (Lipinski definition) is 0. The molecule has 1 aromatic carbocycles. The quantitative estimate of drug-likeness (QED) is 0.548. The molecular weight excluding hydrogens is 416 g/mol. The van der Waals surface area contributed by atoms with E-state index >= 15 is 0 Å². The smallest absolute Gasteiger partial charge is 0.243 e. The number of piperazine rings is 1. The SMILES string of the molecule is O=CN1CCN(S(=O)(=O)c2cccc(S(=O)(=O)[C@@H]3CCS(=O)(=O)C3)c2)CC1. The summed E-state index contributed by atoms with van der Waals surface area (Å²) in [5, 5.41) is -1.06. The summed E-state index contributed by atoms with van der Waals surface area (Å²) in [4.78, 5) is 11.9. The monoisotopic (exact) mass is 436 g/mol. The van der Waals surface area contributed by atoms with Crippen LogP contribution >= 0.6 is 0 Å². The molecule has 2 heterocycles. The Morgan fingerprint density at radius 1 is 1.00 bits per heavy atom. The van der Waals surface area contributed by atoms with Crippen molar-refractivity contribution in [3.63, 3.8) is 0 Å². The normalized spacial score (nSPS) is 24.0. The molecule has 2 fully saturated rings. The molecule has 0 bridgehead atoms. The molecular formula is C15H20N2O7S3. The largest absolute Gasteiger partial charge is 0.343 e. The third kappa shape index (κ3) is 4.03. The van der Waals surface area contributed by atoms with Crippen LogP contribution in [0.4, 0.5) is 0 Å². The lowest BCUT2D eigenvalue weighted by atomic mass is 10.4. The summed E-state index contributed by atoms with van der Waals surface area (Å²) in [5.74, 6) is -0.629. The molecule has 2 aliphatic rings. The second kappa shape index (κ2) is 7.15. The van der Waals surface area contributed by atoms with Gasteiger partial charge in [-0.1, -0.05) is 6.07 Å². The first-order chi connectivity index (χ1) is 12.6. The Hall–Kier alpha value is -1.50. The molecule has 0 N–H and O–H groups in total. The number of benzene rings is 1. The highest BCUT2D eigenvalue weighted by molar-refractivity contribution is 7.96. The predicted octanol–water partition coefficient (Wildman–Crippen LogP) is -0.890. The third-order valence-corrected chi connectivity index (χ3v) is 10.9. The molecule has 2 saturated heterocycles. The van der Waals surface area contributed by atoms with E-state index in [1.165, 1.54) is 27.4 Å². The lowest BCUT2D eigenvalue weighted by Crippen LogP contribution is -2.47. The molecule has 0 aromatic heterocycles. The topological polar surface area (TPSA) is 126 Å². The van der Waals surface area contributed by atoms with Gasteiger partial charge in [-0.3, -0.25) is 4.79 Å². The molecule has 1 aromatic rings. The van der Waals surface area contributed by atoms with E-state index in [4.69, 9.17) is 0 Å². The van der Waals surface area contributed by atoms with Crippen LogP contribution < -0.4 is 0 Å². The predicted molar refractivity (Wildman–Crippen MR) is 97.1 cm³/mol. The number of sulfone groups is 2. The second-order valence-corrected chi connectivity index (χ2v) is 13.0. The number of sulfonamides is 1. The zero-order chi connectivity index (χ0) is 19.9. The molecule has 1 atom stereocenters. The van der Waals surface area contributed by atoms with Crippen LogP contribution in [0.15, 0.2) is 34.1 Å². The van der Waals surface area contributed by atoms with Gasteiger partial charge >= 0.3 is 0 Å². The Morgan fingerprint density at radius 2 is 1.63 bits per heavy atom. The zero-order valence-corrected chi connectivity index (χ0v) is 16.8. The molecule has 2 aliphatic heterocycles. The van der Waals surface area contributed by atoms with Crippen LogP contribution in [0.1, 0.15) is 6.42 Å². The fourth-order valence-corrected chi connectivity index (χ4v) is 9.16. The molecule has 0 unspecified atom stereocenters. The molecule has 0 aliphatic carbocycles. The highest BCUT2D eigenvalue weighted by Gasteiger charge is 2.38. The van der Waals surface area contributed by atoms with Crippen molar-refractivity contribution in [1.82, 2.24) is 9.21 Å². The van der Waals surface area contributed by atoms with Crippen molar-refractivity contribution in [2.45, 2.75) is 21.5 Å². The average molecular weight is 437 g/mol. The summed E-state index contributed by atoms with van der Waals surface area (Å²) in [7, 11) is -11.3. The fourth-order valence-electron chi connectivity index (χ4n) is 3.21. The summed E-state index contributed by atoms with van der Waals surface area (Å²) in [6.45, 7) is 0.777. The summed E-state index contributed by atoms with van der Waals surface area (Å²) in [6.07, 6.45) is 0.669. The minimum Gasteiger partial charge on any atom is -0.343 e. The molecule has 1 amide bonds. The van der Waals surface area contributed by atoms with Crippen LogP contribution in [0.25, 0.3) is 0 Å². The minimum absolute atomic E-state index is 0.00923. The van der Waals surface area contributed by atoms with Crippen LogP contribution in [-0.4, -0.2) is 83.8 Å². The van der Waals surface area contributed by atoms with Crippen molar-refractivity contribution in [2.75, 3.05) is 37.7 Å². The Morgan fingerprint density at radius 3 is 2.19 bits per heavy atom. The Balaban J connectivity index is 1.88.